The Balaban J connectivity index is 1.53. The molecule has 0 amide bonds. The molecule has 0 radical (unpaired) electrons. The lowest BCUT2D eigenvalue weighted by atomic mass is 9.48. The molecule has 4 aliphatic carbocycles. The van der Waals surface area contributed by atoms with E-state index in [1.165, 1.54) is 44.9 Å². The summed E-state index contributed by atoms with van der Waals surface area (Å²) in [5.41, 5.74) is 0.0307. The molecule has 4 saturated carbocycles. The molecule has 2 nitrogen and oxygen atoms in total. The van der Waals surface area contributed by atoms with E-state index < -0.39 is 0 Å². The second-order valence-corrected chi connectivity index (χ2v) is 10.2. The Hall–Kier alpha value is -0.0800. The predicted molar refractivity (Wildman–Crippen MR) is 97.5 cm³/mol. The van der Waals surface area contributed by atoms with Crippen molar-refractivity contribution in [2.45, 2.75) is 96.7 Å². The van der Waals surface area contributed by atoms with Gasteiger partial charge in [0, 0.05) is 0 Å². The molecule has 4 fully saturated rings. The summed E-state index contributed by atoms with van der Waals surface area (Å²) in [7, 11) is 0. The quantitative estimate of drug-likeness (QED) is 0.763. The first-order chi connectivity index (χ1) is 11.4. The standard InChI is InChI=1S/C22H38O2/c1-4-22(24)12-10-16-15(13-22)5-6-18-17(16)9-11-21(3)19(14(2)23)7-8-20(18)21/h14-20,23-24H,4-13H2,1-3H3/t14?,15-,16?,17+,18+,19+,20-,21+,22+/m0/s1. The molecule has 0 heterocycles. The first-order valence-corrected chi connectivity index (χ1v) is 10.8. The van der Waals surface area contributed by atoms with E-state index in [0.717, 1.165) is 48.9 Å². The van der Waals surface area contributed by atoms with Gasteiger partial charge in [0.15, 0.2) is 0 Å². The van der Waals surface area contributed by atoms with Crippen LogP contribution in [0.15, 0.2) is 0 Å². The molecule has 0 aromatic carbocycles. The van der Waals surface area contributed by atoms with Crippen molar-refractivity contribution in [1.29, 1.82) is 0 Å². The fourth-order valence-electron chi connectivity index (χ4n) is 8.12. The zero-order chi connectivity index (χ0) is 17.1. The van der Waals surface area contributed by atoms with E-state index in [4.69, 9.17) is 0 Å². The van der Waals surface area contributed by atoms with Crippen LogP contribution >= 0.6 is 0 Å². The monoisotopic (exact) mass is 334 g/mol. The number of hydrogen-bond donors (Lipinski definition) is 2. The van der Waals surface area contributed by atoms with Gasteiger partial charge in [0.25, 0.3) is 0 Å². The van der Waals surface area contributed by atoms with Crippen molar-refractivity contribution in [1.82, 2.24) is 0 Å². The van der Waals surface area contributed by atoms with Crippen molar-refractivity contribution in [2.24, 2.45) is 40.9 Å². The molecule has 0 bridgehead atoms. The van der Waals surface area contributed by atoms with Gasteiger partial charge in [0.2, 0.25) is 0 Å². The maximum atomic E-state index is 10.8. The zero-order valence-electron chi connectivity index (χ0n) is 16.0. The Morgan fingerprint density at radius 2 is 1.71 bits per heavy atom. The third-order valence-corrected chi connectivity index (χ3v) is 9.42. The van der Waals surface area contributed by atoms with E-state index in [0.29, 0.717) is 11.3 Å². The summed E-state index contributed by atoms with van der Waals surface area (Å²) in [5.74, 6) is 4.85. The smallest absolute Gasteiger partial charge is 0.0648 e. The van der Waals surface area contributed by atoms with E-state index in [2.05, 4.69) is 13.8 Å². The zero-order valence-corrected chi connectivity index (χ0v) is 16.0. The topological polar surface area (TPSA) is 40.5 Å². The van der Waals surface area contributed by atoms with Crippen molar-refractivity contribution in [3.8, 4) is 0 Å². The summed E-state index contributed by atoms with van der Waals surface area (Å²) < 4.78 is 0. The van der Waals surface area contributed by atoms with Crippen LogP contribution in [0.5, 0.6) is 0 Å². The van der Waals surface area contributed by atoms with Crippen molar-refractivity contribution < 1.29 is 10.2 Å². The molecule has 4 aliphatic rings. The van der Waals surface area contributed by atoms with Gasteiger partial charge in [0.1, 0.15) is 0 Å². The van der Waals surface area contributed by atoms with Crippen molar-refractivity contribution in [3.63, 3.8) is 0 Å². The van der Waals surface area contributed by atoms with Crippen LogP contribution in [0, 0.1) is 40.9 Å². The molecular weight excluding hydrogens is 296 g/mol. The summed E-state index contributed by atoms with van der Waals surface area (Å²) in [5, 5.41) is 21.1. The molecular formula is C22H38O2. The Bertz CT molecular complexity index is 475. The fraction of sp³-hybridized carbons (Fsp3) is 1.00. The van der Waals surface area contributed by atoms with Crippen LogP contribution in [0.1, 0.15) is 85.0 Å². The van der Waals surface area contributed by atoms with E-state index in [1.807, 2.05) is 6.92 Å². The van der Waals surface area contributed by atoms with Gasteiger partial charge in [-0.25, -0.2) is 0 Å². The summed E-state index contributed by atoms with van der Waals surface area (Å²) in [6.07, 6.45) is 12.2. The van der Waals surface area contributed by atoms with Crippen LogP contribution in [0.3, 0.4) is 0 Å². The Morgan fingerprint density at radius 3 is 2.42 bits per heavy atom. The summed E-state index contributed by atoms with van der Waals surface area (Å²) in [4.78, 5) is 0. The highest BCUT2D eigenvalue weighted by molar-refractivity contribution is 5.07. The van der Waals surface area contributed by atoms with Crippen molar-refractivity contribution >= 4 is 0 Å². The molecule has 4 rings (SSSR count). The molecule has 0 aromatic heterocycles. The van der Waals surface area contributed by atoms with Crippen molar-refractivity contribution in [2.75, 3.05) is 0 Å². The van der Waals surface area contributed by atoms with Gasteiger partial charge >= 0.3 is 0 Å². The molecule has 0 spiro atoms. The van der Waals surface area contributed by atoms with Gasteiger partial charge < -0.3 is 10.2 Å². The minimum atomic E-state index is -0.359. The molecule has 2 heteroatoms. The van der Waals surface area contributed by atoms with E-state index in [9.17, 15) is 10.2 Å². The van der Waals surface area contributed by atoms with Crippen LogP contribution in [-0.2, 0) is 0 Å². The van der Waals surface area contributed by atoms with Crippen molar-refractivity contribution in [3.05, 3.63) is 0 Å². The minimum Gasteiger partial charge on any atom is -0.393 e. The summed E-state index contributed by atoms with van der Waals surface area (Å²) >= 11 is 0. The Kier molecular flexibility index (Phi) is 4.32. The highest BCUT2D eigenvalue weighted by Crippen LogP contribution is 2.65. The first kappa shape index (κ1) is 17.3. The van der Waals surface area contributed by atoms with Crippen LogP contribution < -0.4 is 0 Å². The van der Waals surface area contributed by atoms with Gasteiger partial charge in [-0.1, -0.05) is 13.8 Å². The number of aliphatic hydroxyl groups is 2. The van der Waals surface area contributed by atoms with E-state index >= 15 is 0 Å². The lowest BCUT2D eigenvalue weighted by Crippen LogP contribution is -2.51. The van der Waals surface area contributed by atoms with Crippen LogP contribution in [0.25, 0.3) is 0 Å². The lowest BCUT2D eigenvalue weighted by molar-refractivity contribution is -0.112. The third kappa shape index (κ3) is 2.50. The molecule has 138 valence electrons. The number of fused-ring (bicyclic) bond motifs is 5. The Labute approximate surface area is 148 Å². The van der Waals surface area contributed by atoms with Gasteiger partial charge in [-0.05, 0) is 112 Å². The van der Waals surface area contributed by atoms with Crippen LogP contribution in [0.2, 0.25) is 0 Å². The predicted octanol–water partition coefficient (Wildman–Crippen LogP) is 4.78. The van der Waals surface area contributed by atoms with Crippen LogP contribution in [-0.4, -0.2) is 21.9 Å². The van der Waals surface area contributed by atoms with E-state index in [1.54, 1.807) is 0 Å². The number of hydrogen-bond acceptors (Lipinski definition) is 2. The van der Waals surface area contributed by atoms with Gasteiger partial charge in [-0.2, -0.15) is 0 Å². The first-order valence-electron chi connectivity index (χ1n) is 10.8. The highest BCUT2D eigenvalue weighted by atomic mass is 16.3. The largest absolute Gasteiger partial charge is 0.393 e. The molecule has 2 unspecified atom stereocenters. The SMILES string of the molecule is CC[C@@]1(O)CCC2[C@@H](CC[C@@H]3[C@@H]2CC[C@]2(C)[C@@H](C(C)O)CC[C@@H]32)C1. The second-order valence-electron chi connectivity index (χ2n) is 10.2. The molecule has 2 N–H and O–H groups in total. The van der Waals surface area contributed by atoms with Gasteiger partial charge in [0.05, 0.1) is 11.7 Å². The van der Waals surface area contributed by atoms with Gasteiger partial charge in [-0.15, -0.1) is 0 Å². The molecule has 24 heavy (non-hydrogen) atoms. The molecule has 0 saturated heterocycles. The average molecular weight is 335 g/mol. The average Bonchev–Trinajstić information content (AvgIpc) is 2.91. The maximum Gasteiger partial charge on any atom is 0.0648 e. The molecule has 9 atom stereocenters. The van der Waals surface area contributed by atoms with Gasteiger partial charge in [-0.3, -0.25) is 0 Å². The third-order valence-electron chi connectivity index (χ3n) is 9.42. The summed E-state index contributed by atoms with van der Waals surface area (Å²) in [6, 6.07) is 0. The highest BCUT2D eigenvalue weighted by Gasteiger charge is 2.58. The molecule has 0 aromatic rings. The maximum absolute atomic E-state index is 10.8. The lowest BCUT2D eigenvalue weighted by Gasteiger charge is -2.57. The summed E-state index contributed by atoms with van der Waals surface area (Å²) in [6.45, 7) is 6.68. The second kappa shape index (κ2) is 5.98. The van der Waals surface area contributed by atoms with Crippen LogP contribution in [0.4, 0.5) is 0 Å². The molecule has 0 aliphatic heterocycles. The Morgan fingerprint density at radius 1 is 0.958 bits per heavy atom. The minimum absolute atomic E-state index is 0.137. The number of rotatable bonds is 2. The fourth-order valence-corrected chi connectivity index (χ4v) is 8.12. The normalized spacial score (nSPS) is 55.4. The number of aliphatic hydroxyl groups excluding tert-OH is 1. The van der Waals surface area contributed by atoms with E-state index in [-0.39, 0.29) is 11.7 Å².